The van der Waals surface area contributed by atoms with E-state index in [0.29, 0.717) is 6.04 Å². The van der Waals surface area contributed by atoms with Gasteiger partial charge in [-0.25, -0.2) is 4.98 Å². The monoisotopic (exact) mass is 303 g/mol. The molecule has 2 N–H and O–H groups in total. The zero-order chi connectivity index (χ0) is 14.7. The molecule has 0 amide bonds. The fourth-order valence-electron chi connectivity index (χ4n) is 2.45. The van der Waals surface area contributed by atoms with E-state index in [1.807, 2.05) is 36.0 Å². The van der Waals surface area contributed by atoms with Crippen molar-refractivity contribution in [2.75, 3.05) is 12.4 Å². The number of aromatic nitrogens is 2. The Kier molecular flexibility index (Phi) is 4.33. The van der Waals surface area contributed by atoms with Crippen LogP contribution in [-0.2, 0) is 12.6 Å². The van der Waals surface area contributed by atoms with Crippen molar-refractivity contribution in [3.05, 3.63) is 48.3 Å². The van der Waals surface area contributed by atoms with Gasteiger partial charge in [0, 0.05) is 31.2 Å². The Morgan fingerprint density at radius 3 is 2.71 bits per heavy atom. The summed E-state index contributed by atoms with van der Waals surface area (Å²) < 4.78 is 2.01. The summed E-state index contributed by atoms with van der Waals surface area (Å²) >= 11 is 1.68. The van der Waals surface area contributed by atoms with Crippen LogP contribution in [0.15, 0.2) is 47.9 Å². The standard InChI is InChI=1S/C16H21N3OS/c1-19-10-9-17-15(19)21-12-16(11-20,18-14-7-8-14)13-5-3-2-4-6-13/h2-6,9-10,14,18,20H,7-8,11-12H2,1H3. The van der Waals surface area contributed by atoms with E-state index in [1.165, 1.54) is 12.8 Å². The first-order valence-electron chi connectivity index (χ1n) is 7.28. The molecule has 1 atom stereocenters. The van der Waals surface area contributed by atoms with Crippen LogP contribution in [0.2, 0.25) is 0 Å². The van der Waals surface area contributed by atoms with E-state index in [-0.39, 0.29) is 6.61 Å². The first kappa shape index (κ1) is 14.6. The maximum Gasteiger partial charge on any atom is 0.167 e. The summed E-state index contributed by atoms with van der Waals surface area (Å²) in [7, 11) is 1.99. The van der Waals surface area contributed by atoms with Crippen molar-refractivity contribution in [1.29, 1.82) is 0 Å². The summed E-state index contributed by atoms with van der Waals surface area (Å²) in [5.74, 6) is 0.759. The molecule has 3 rings (SSSR count). The SMILES string of the molecule is Cn1ccnc1SCC(CO)(NC1CC1)c1ccccc1. The van der Waals surface area contributed by atoms with E-state index in [2.05, 4.69) is 22.4 Å². The van der Waals surface area contributed by atoms with Crippen molar-refractivity contribution < 1.29 is 5.11 Å². The maximum atomic E-state index is 10.1. The minimum Gasteiger partial charge on any atom is -0.394 e. The lowest BCUT2D eigenvalue weighted by Gasteiger charge is -2.33. The van der Waals surface area contributed by atoms with Crippen LogP contribution in [0, 0.1) is 0 Å². The molecule has 4 nitrogen and oxygen atoms in total. The Hall–Kier alpha value is -1.30. The average Bonchev–Trinajstić information content (AvgIpc) is 3.25. The minimum absolute atomic E-state index is 0.0882. The fourth-order valence-corrected chi connectivity index (χ4v) is 3.56. The molecule has 112 valence electrons. The molecule has 1 aliphatic carbocycles. The number of thioether (sulfide) groups is 1. The van der Waals surface area contributed by atoms with E-state index in [0.717, 1.165) is 16.5 Å². The lowest BCUT2D eigenvalue weighted by molar-refractivity contribution is 0.177. The molecule has 1 aliphatic rings. The van der Waals surface area contributed by atoms with Crippen molar-refractivity contribution in [3.8, 4) is 0 Å². The number of benzene rings is 1. The van der Waals surface area contributed by atoms with Gasteiger partial charge in [0.15, 0.2) is 5.16 Å². The van der Waals surface area contributed by atoms with Crippen LogP contribution in [0.1, 0.15) is 18.4 Å². The average molecular weight is 303 g/mol. The molecule has 0 bridgehead atoms. The van der Waals surface area contributed by atoms with Crippen LogP contribution in [-0.4, -0.2) is 33.1 Å². The zero-order valence-corrected chi connectivity index (χ0v) is 13.0. The number of hydrogen-bond donors (Lipinski definition) is 2. The van der Waals surface area contributed by atoms with Gasteiger partial charge in [-0.05, 0) is 18.4 Å². The van der Waals surface area contributed by atoms with Gasteiger partial charge in [0.05, 0.1) is 12.1 Å². The van der Waals surface area contributed by atoms with Crippen molar-refractivity contribution in [2.24, 2.45) is 7.05 Å². The Bertz CT molecular complexity index is 582. The van der Waals surface area contributed by atoms with Crippen LogP contribution in [0.4, 0.5) is 0 Å². The van der Waals surface area contributed by atoms with E-state index >= 15 is 0 Å². The number of aliphatic hydroxyl groups is 1. The Morgan fingerprint density at radius 2 is 2.14 bits per heavy atom. The Labute approximate surface area is 129 Å². The lowest BCUT2D eigenvalue weighted by Crippen LogP contribution is -2.49. The molecule has 2 aromatic rings. The highest BCUT2D eigenvalue weighted by molar-refractivity contribution is 7.99. The van der Waals surface area contributed by atoms with Crippen LogP contribution in [0.25, 0.3) is 0 Å². The highest BCUT2D eigenvalue weighted by Crippen LogP contribution is 2.33. The van der Waals surface area contributed by atoms with Gasteiger partial charge >= 0.3 is 0 Å². The van der Waals surface area contributed by atoms with Crippen LogP contribution in [0.5, 0.6) is 0 Å². The van der Waals surface area contributed by atoms with Crippen molar-refractivity contribution in [1.82, 2.24) is 14.9 Å². The van der Waals surface area contributed by atoms with Crippen molar-refractivity contribution >= 4 is 11.8 Å². The number of nitrogens with one attached hydrogen (secondary N) is 1. The molecule has 1 saturated carbocycles. The second kappa shape index (κ2) is 6.22. The lowest BCUT2D eigenvalue weighted by atomic mass is 9.92. The molecule has 0 spiro atoms. The van der Waals surface area contributed by atoms with Gasteiger partial charge in [-0.3, -0.25) is 0 Å². The molecule has 0 aliphatic heterocycles. The number of aliphatic hydroxyl groups excluding tert-OH is 1. The number of nitrogens with zero attached hydrogens (tertiary/aromatic N) is 2. The smallest absolute Gasteiger partial charge is 0.167 e. The fraction of sp³-hybridized carbons (Fsp3) is 0.438. The van der Waals surface area contributed by atoms with E-state index in [1.54, 1.807) is 18.0 Å². The molecule has 0 saturated heterocycles. The third-order valence-corrected chi connectivity index (χ3v) is 5.17. The van der Waals surface area contributed by atoms with Gasteiger partial charge in [0.1, 0.15) is 0 Å². The van der Waals surface area contributed by atoms with Crippen molar-refractivity contribution in [2.45, 2.75) is 29.6 Å². The topological polar surface area (TPSA) is 50.1 Å². The number of aryl methyl sites for hydroxylation is 1. The van der Waals surface area contributed by atoms with Gasteiger partial charge in [0.2, 0.25) is 0 Å². The largest absolute Gasteiger partial charge is 0.394 e. The third-order valence-electron chi connectivity index (χ3n) is 3.88. The molecule has 1 aromatic heterocycles. The molecule has 1 heterocycles. The molecule has 1 aromatic carbocycles. The minimum atomic E-state index is -0.404. The predicted molar refractivity (Wildman–Crippen MR) is 85.3 cm³/mol. The van der Waals surface area contributed by atoms with Gasteiger partial charge in [0.25, 0.3) is 0 Å². The summed E-state index contributed by atoms with van der Waals surface area (Å²) in [6, 6.07) is 10.8. The van der Waals surface area contributed by atoms with Gasteiger partial charge < -0.3 is 15.0 Å². The van der Waals surface area contributed by atoms with E-state index < -0.39 is 5.54 Å². The number of hydrogen-bond acceptors (Lipinski definition) is 4. The molecule has 21 heavy (non-hydrogen) atoms. The predicted octanol–water partition coefficient (Wildman–Crippen LogP) is 2.15. The first-order valence-corrected chi connectivity index (χ1v) is 8.26. The van der Waals surface area contributed by atoms with Crippen LogP contribution >= 0.6 is 11.8 Å². The van der Waals surface area contributed by atoms with Gasteiger partial charge in [-0.2, -0.15) is 0 Å². The van der Waals surface area contributed by atoms with Crippen molar-refractivity contribution in [3.63, 3.8) is 0 Å². The van der Waals surface area contributed by atoms with E-state index in [9.17, 15) is 5.11 Å². The highest BCUT2D eigenvalue weighted by Gasteiger charge is 2.37. The molecule has 0 radical (unpaired) electrons. The molecule has 1 unspecified atom stereocenters. The van der Waals surface area contributed by atoms with E-state index in [4.69, 9.17) is 0 Å². The Balaban J connectivity index is 1.82. The summed E-state index contributed by atoms with van der Waals surface area (Å²) in [5.41, 5.74) is 0.736. The summed E-state index contributed by atoms with van der Waals surface area (Å²) in [6.07, 6.45) is 6.14. The van der Waals surface area contributed by atoms with Gasteiger partial charge in [-0.1, -0.05) is 42.1 Å². The quantitative estimate of drug-likeness (QED) is 0.770. The molecular weight excluding hydrogens is 282 g/mol. The second-order valence-electron chi connectivity index (χ2n) is 5.63. The first-order chi connectivity index (χ1) is 10.2. The highest BCUT2D eigenvalue weighted by atomic mass is 32.2. The normalized spacial score (nSPS) is 17.6. The molecule has 5 heteroatoms. The summed E-state index contributed by atoms with van der Waals surface area (Å²) in [5, 5.41) is 14.7. The zero-order valence-electron chi connectivity index (χ0n) is 12.2. The van der Waals surface area contributed by atoms with Crippen LogP contribution in [0.3, 0.4) is 0 Å². The number of imidazole rings is 1. The number of rotatable bonds is 7. The Morgan fingerprint density at radius 1 is 1.38 bits per heavy atom. The van der Waals surface area contributed by atoms with Gasteiger partial charge in [-0.15, -0.1) is 0 Å². The second-order valence-corrected chi connectivity index (χ2v) is 6.58. The molecule has 1 fully saturated rings. The maximum absolute atomic E-state index is 10.1. The van der Waals surface area contributed by atoms with Crippen LogP contribution < -0.4 is 5.32 Å². The third kappa shape index (κ3) is 3.31. The summed E-state index contributed by atoms with van der Waals surface area (Å²) in [6.45, 7) is 0.0882. The summed E-state index contributed by atoms with van der Waals surface area (Å²) in [4.78, 5) is 4.36. The molecular formula is C16H21N3OS.